The Morgan fingerprint density at radius 2 is 2.16 bits per heavy atom. The highest BCUT2D eigenvalue weighted by molar-refractivity contribution is 5.95. The Balaban J connectivity index is 1.77. The summed E-state index contributed by atoms with van der Waals surface area (Å²) in [6, 6.07) is 11.7. The third-order valence-electron chi connectivity index (χ3n) is 5.10. The number of amides is 1. The molecule has 1 radical (unpaired) electrons. The van der Waals surface area contributed by atoms with E-state index in [1.165, 1.54) is 11.3 Å². The topological polar surface area (TPSA) is 36.7 Å². The van der Waals surface area contributed by atoms with Crippen LogP contribution in [-0.4, -0.2) is 36.5 Å². The molecule has 133 valence electrons. The summed E-state index contributed by atoms with van der Waals surface area (Å²) in [5, 5.41) is 0. The number of carbonyl (C=O) groups is 1. The molecule has 1 aliphatic heterocycles. The zero-order valence-corrected chi connectivity index (χ0v) is 15.6. The lowest BCUT2D eigenvalue weighted by Gasteiger charge is -2.42. The molecule has 0 spiro atoms. The lowest BCUT2D eigenvalue weighted by Crippen LogP contribution is -2.55. The molecular weight excluding hydrogens is 312 g/mol. The monoisotopic (exact) mass is 339 g/mol. The smallest absolute Gasteiger partial charge is 0.257 e. The van der Waals surface area contributed by atoms with Gasteiger partial charge in [0, 0.05) is 31.4 Å². The van der Waals surface area contributed by atoms with Gasteiger partial charge in [-0.1, -0.05) is 26.8 Å². The maximum atomic E-state index is 12.9. The molecule has 1 amide bonds. The lowest BCUT2D eigenvalue weighted by molar-refractivity contribution is 0.0650. The number of hydrogen-bond acceptors (Lipinski definition) is 3. The van der Waals surface area contributed by atoms with Crippen LogP contribution < -0.4 is 4.90 Å². The van der Waals surface area contributed by atoms with Crippen molar-refractivity contribution in [2.75, 3.05) is 24.5 Å². The number of rotatable bonds is 4. The summed E-state index contributed by atoms with van der Waals surface area (Å²) in [4.78, 5) is 17.3. The van der Waals surface area contributed by atoms with Crippen LogP contribution in [0.15, 0.2) is 34.9 Å². The first-order chi connectivity index (χ1) is 12.0. The van der Waals surface area contributed by atoms with E-state index in [2.05, 4.69) is 43.9 Å². The van der Waals surface area contributed by atoms with Crippen LogP contribution in [0.2, 0.25) is 0 Å². The average Bonchev–Trinajstić information content (AvgIpc) is 3.06. The molecular formula is C21H27N2O2. The van der Waals surface area contributed by atoms with E-state index in [1.807, 2.05) is 17.9 Å². The first-order valence-corrected chi connectivity index (χ1v) is 9.13. The highest BCUT2D eigenvalue weighted by Gasteiger charge is 2.31. The molecule has 1 aliphatic rings. The van der Waals surface area contributed by atoms with Gasteiger partial charge in [0.15, 0.2) is 0 Å². The van der Waals surface area contributed by atoms with Crippen molar-refractivity contribution < 1.29 is 9.21 Å². The maximum absolute atomic E-state index is 12.9. The summed E-state index contributed by atoms with van der Waals surface area (Å²) in [6.07, 6.45) is 2.53. The van der Waals surface area contributed by atoms with Crippen LogP contribution in [0.3, 0.4) is 0 Å². The second-order valence-corrected chi connectivity index (χ2v) is 7.05. The van der Waals surface area contributed by atoms with Crippen molar-refractivity contribution in [2.45, 2.75) is 46.1 Å². The first kappa shape index (κ1) is 17.6. The molecule has 25 heavy (non-hydrogen) atoms. The minimum atomic E-state index is 0.0852. The Morgan fingerprint density at radius 3 is 2.80 bits per heavy atom. The second-order valence-electron chi connectivity index (χ2n) is 7.05. The molecule has 1 fully saturated rings. The summed E-state index contributed by atoms with van der Waals surface area (Å²) in [7, 11) is 0. The second kappa shape index (κ2) is 7.34. The molecule has 4 nitrogen and oxygen atoms in total. The van der Waals surface area contributed by atoms with Crippen molar-refractivity contribution in [2.24, 2.45) is 0 Å². The zero-order chi connectivity index (χ0) is 18.0. The number of carbonyl (C=O) groups excluding carboxylic acids is 1. The van der Waals surface area contributed by atoms with Crippen molar-refractivity contribution in [3.8, 4) is 0 Å². The van der Waals surface area contributed by atoms with E-state index in [9.17, 15) is 4.79 Å². The Hall–Kier alpha value is -2.23. The SMILES string of the molecule is CC[C@@H]1CN(c2cc[c]c(C(C)C)c2)CCN1C(=O)c1ccoc1C. The van der Waals surface area contributed by atoms with Gasteiger partial charge in [-0.25, -0.2) is 0 Å². The molecule has 4 heteroatoms. The molecule has 3 rings (SSSR count). The predicted molar refractivity (Wildman–Crippen MR) is 100 cm³/mol. The van der Waals surface area contributed by atoms with Crippen molar-refractivity contribution in [1.82, 2.24) is 4.90 Å². The summed E-state index contributed by atoms with van der Waals surface area (Å²) in [5.41, 5.74) is 3.15. The third-order valence-corrected chi connectivity index (χ3v) is 5.10. The zero-order valence-electron chi connectivity index (χ0n) is 15.6. The van der Waals surface area contributed by atoms with Crippen molar-refractivity contribution in [3.05, 3.63) is 53.5 Å². The molecule has 2 heterocycles. The van der Waals surface area contributed by atoms with Crippen LogP contribution in [0, 0.1) is 13.0 Å². The van der Waals surface area contributed by atoms with Gasteiger partial charge in [0.25, 0.3) is 5.91 Å². The van der Waals surface area contributed by atoms with Gasteiger partial charge in [-0.3, -0.25) is 4.79 Å². The molecule has 0 saturated carbocycles. The number of piperazine rings is 1. The average molecular weight is 339 g/mol. The van der Waals surface area contributed by atoms with E-state index in [1.54, 1.807) is 12.3 Å². The van der Waals surface area contributed by atoms with Gasteiger partial charge in [0.1, 0.15) is 5.76 Å². The molecule has 0 unspecified atom stereocenters. The molecule has 1 aromatic heterocycles. The van der Waals surface area contributed by atoms with Crippen LogP contribution in [0.5, 0.6) is 0 Å². The normalized spacial score (nSPS) is 18.0. The summed E-state index contributed by atoms with van der Waals surface area (Å²) < 4.78 is 5.31. The summed E-state index contributed by atoms with van der Waals surface area (Å²) in [6.45, 7) is 10.8. The van der Waals surface area contributed by atoms with Gasteiger partial charge in [0.05, 0.1) is 11.8 Å². The van der Waals surface area contributed by atoms with Crippen LogP contribution in [0.4, 0.5) is 5.69 Å². The Morgan fingerprint density at radius 1 is 1.36 bits per heavy atom. The molecule has 0 N–H and O–H groups in total. The largest absolute Gasteiger partial charge is 0.469 e. The van der Waals surface area contributed by atoms with Crippen LogP contribution in [0.25, 0.3) is 0 Å². The third kappa shape index (κ3) is 3.58. The first-order valence-electron chi connectivity index (χ1n) is 9.13. The minimum Gasteiger partial charge on any atom is -0.469 e. The Bertz CT molecular complexity index is 735. The number of nitrogens with zero attached hydrogens (tertiary/aromatic N) is 2. The number of anilines is 1. The van der Waals surface area contributed by atoms with Gasteiger partial charge < -0.3 is 14.2 Å². The van der Waals surface area contributed by atoms with Gasteiger partial charge in [-0.2, -0.15) is 0 Å². The van der Waals surface area contributed by atoms with Crippen molar-refractivity contribution in [1.29, 1.82) is 0 Å². The molecule has 1 aromatic carbocycles. The molecule has 1 atom stereocenters. The van der Waals surface area contributed by atoms with E-state index in [0.29, 0.717) is 17.2 Å². The molecule has 0 bridgehead atoms. The van der Waals surface area contributed by atoms with Gasteiger partial charge in [0.2, 0.25) is 0 Å². The van der Waals surface area contributed by atoms with Crippen molar-refractivity contribution >= 4 is 11.6 Å². The highest BCUT2D eigenvalue weighted by Crippen LogP contribution is 2.25. The Labute approximate surface area is 150 Å². The highest BCUT2D eigenvalue weighted by atomic mass is 16.3. The fourth-order valence-corrected chi connectivity index (χ4v) is 3.47. The van der Waals surface area contributed by atoms with Gasteiger partial charge in [-0.15, -0.1) is 0 Å². The van der Waals surface area contributed by atoms with E-state index >= 15 is 0 Å². The number of hydrogen-bond donors (Lipinski definition) is 0. The molecule has 1 saturated heterocycles. The summed E-state index contributed by atoms with van der Waals surface area (Å²) >= 11 is 0. The molecule has 0 aliphatic carbocycles. The van der Waals surface area contributed by atoms with Crippen LogP contribution >= 0.6 is 0 Å². The number of furan rings is 1. The van der Waals surface area contributed by atoms with E-state index < -0.39 is 0 Å². The minimum absolute atomic E-state index is 0.0852. The Kier molecular flexibility index (Phi) is 5.16. The van der Waals surface area contributed by atoms with Crippen LogP contribution in [-0.2, 0) is 0 Å². The standard InChI is InChI=1S/C21H27N2O2/c1-5-18-14-22(19-8-6-7-17(13-19)15(2)3)10-11-23(18)21(24)20-9-12-25-16(20)4/h6,8-9,12-13,15,18H,5,10-11,14H2,1-4H3/t18-/m1/s1. The van der Waals surface area contributed by atoms with Gasteiger partial charge in [-0.05, 0) is 49.1 Å². The lowest BCUT2D eigenvalue weighted by atomic mass is 10.0. The fourth-order valence-electron chi connectivity index (χ4n) is 3.47. The van der Waals surface area contributed by atoms with Crippen LogP contribution in [0.1, 0.15) is 54.8 Å². The predicted octanol–water partition coefficient (Wildman–Crippen LogP) is 4.25. The summed E-state index contributed by atoms with van der Waals surface area (Å²) in [5.74, 6) is 1.25. The van der Waals surface area contributed by atoms with Gasteiger partial charge >= 0.3 is 0 Å². The number of benzene rings is 1. The van der Waals surface area contributed by atoms with Crippen molar-refractivity contribution in [3.63, 3.8) is 0 Å². The van der Waals surface area contributed by atoms with E-state index in [4.69, 9.17) is 4.42 Å². The quantitative estimate of drug-likeness (QED) is 0.835. The van der Waals surface area contributed by atoms with E-state index in [0.717, 1.165) is 26.1 Å². The maximum Gasteiger partial charge on any atom is 0.257 e. The molecule has 2 aromatic rings. The van der Waals surface area contributed by atoms with E-state index in [-0.39, 0.29) is 11.9 Å². The number of aryl methyl sites for hydroxylation is 1. The fraction of sp³-hybridized carbons (Fsp3) is 0.476.